The summed E-state index contributed by atoms with van der Waals surface area (Å²) < 4.78 is 6.39. The first kappa shape index (κ1) is 34.5. The summed E-state index contributed by atoms with van der Waals surface area (Å²) in [7, 11) is 0. The SMILES string of the molecule is c1ccc(-c2cccc(-c3ccc(-c4ccc5ccc6cccc7ccc4c5c67)cc3-c3ccc4oc5ccccc5c4c3)c2-c2ccc3ccc4cccc5ccc2c3c45)cc1. The van der Waals surface area contributed by atoms with E-state index < -0.39 is 0 Å². The lowest BCUT2D eigenvalue weighted by Gasteiger charge is -2.22. The largest absolute Gasteiger partial charge is 0.456 e. The Bertz CT molecular complexity index is 4100. The topological polar surface area (TPSA) is 13.1 Å². The lowest BCUT2D eigenvalue weighted by Crippen LogP contribution is -1.95. The summed E-state index contributed by atoms with van der Waals surface area (Å²) in [6.07, 6.45) is 0. The predicted molar refractivity (Wildman–Crippen MR) is 268 cm³/mol. The zero-order valence-corrected chi connectivity index (χ0v) is 34.2. The number of benzene rings is 13. The predicted octanol–water partition coefficient (Wildman–Crippen LogP) is 17.7. The van der Waals surface area contributed by atoms with E-state index in [-0.39, 0.29) is 0 Å². The summed E-state index contributed by atoms with van der Waals surface area (Å²) in [4.78, 5) is 0. The van der Waals surface area contributed by atoms with Gasteiger partial charge in [-0.25, -0.2) is 0 Å². The van der Waals surface area contributed by atoms with Crippen LogP contribution in [0.3, 0.4) is 0 Å². The van der Waals surface area contributed by atoms with Crippen molar-refractivity contribution >= 4 is 86.6 Å². The van der Waals surface area contributed by atoms with Crippen LogP contribution in [0.2, 0.25) is 0 Å². The first-order valence-electron chi connectivity index (χ1n) is 21.8. The van der Waals surface area contributed by atoms with Crippen LogP contribution in [0, 0.1) is 0 Å². The smallest absolute Gasteiger partial charge is 0.135 e. The Kier molecular flexibility index (Phi) is 7.17. The monoisotopic (exact) mass is 796 g/mol. The zero-order chi connectivity index (χ0) is 41.2. The molecule has 0 atom stereocenters. The molecule has 0 bridgehead atoms. The van der Waals surface area contributed by atoms with Gasteiger partial charge in [0.25, 0.3) is 0 Å². The van der Waals surface area contributed by atoms with Crippen LogP contribution in [-0.2, 0) is 0 Å². The molecule has 0 amide bonds. The van der Waals surface area contributed by atoms with Crippen LogP contribution in [0.5, 0.6) is 0 Å². The Balaban J connectivity index is 1.08. The van der Waals surface area contributed by atoms with Gasteiger partial charge in [-0.2, -0.15) is 0 Å². The van der Waals surface area contributed by atoms with Crippen LogP contribution >= 0.6 is 0 Å². The number of hydrogen-bond acceptors (Lipinski definition) is 1. The highest BCUT2D eigenvalue weighted by molar-refractivity contribution is 6.27. The molecule has 0 radical (unpaired) electrons. The first-order chi connectivity index (χ1) is 31.2. The van der Waals surface area contributed by atoms with Crippen molar-refractivity contribution < 1.29 is 4.42 Å². The highest BCUT2D eigenvalue weighted by Crippen LogP contribution is 2.49. The molecule has 1 heterocycles. The Morgan fingerprint density at radius 1 is 0.222 bits per heavy atom. The minimum Gasteiger partial charge on any atom is -0.456 e. The third kappa shape index (κ3) is 5.05. The highest BCUT2D eigenvalue weighted by atomic mass is 16.3. The van der Waals surface area contributed by atoms with Gasteiger partial charge in [0.2, 0.25) is 0 Å². The quantitative estimate of drug-likeness (QED) is 0.158. The molecule has 0 saturated carbocycles. The van der Waals surface area contributed by atoms with Crippen molar-refractivity contribution in [3.8, 4) is 55.6 Å². The maximum atomic E-state index is 6.39. The standard InChI is InChI=1S/C62H36O/c1-2-9-37(10-3-1)47-16-8-17-50(62(47)53-33-26-43-22-20-39-12-7-14-41-25-32-52(53)61(43)59(39)41)48-30-27-44(35-54(48)45-28-34-57-55(36-45)49-15-4-5-18-56(49)63-57)46-29-23-42-21-19-38-11-6-13-40-24-31-51(46)60(42)58(38)40/h1-36H. The molecule has 0 aliphatic rings. The fourth-order valence-corrected chi connectivity index (χ4v) is 10.9. The fourth-order valence-electron chi connectivity index (χ4n) is 10.9. The Morgan fingerprint density at radius 2 is 0.730 bits per heavy atom. The van der Waals surface area contributed by atoms with Gasteiger partial charge in [0.15, 0.2) is 0 Å². The van der Waals surface area contributed by atoms with Crippen LogP contribution in [0.1, 0.15) is 0 Å². The average molecular weight is 797 g/mol. The lowest BCUT2D eigenvalue weighted by molar-refractivity contribution is 0.669. The second-order valence-corrected chi connectivity index (χ2v) is 17.1. The maximum absolute atomic E-state index is 6.39. The molecule has 0 fully saturated rings. The second kappa shape index (κ2) is 13.1. The lowest BCUT2D eigenvalue weighted by atomic mass is 9.81. The van der Waals surface area contributed by atoms with Crippen molar-refractivity contribution in [2.45, 2.75) is 0 Å². The Labute approximate surface area is 363 Å². The first-order valence-corrected chi connectivity index (χ1v) is 21.8. The summed E-state index contributed by atoms with van der Waals surface area (Å²) in [6.45, 7) is 0. The van der Waals surface area contributed by atoms with Gasteiger partial charge in [-0.15, -0.1) is 0 Å². The van der Waals surface area contributed by atoms with Gasteiger partial charge in [0.05, 0.1) is 0 Å². The molecule has 0 aliphatic heterocycles. The van der Waals surface area contributed by atoms with Gasteiger partial charge in [0.1, 0.15) is 11.2 Å². The number of furan rings is 1. The Morgan fingerprint density at radius 3 is 1.44 bits per heavy atom. The van der Waals surface area contributed by atoms with Crippen molar-refractivity contribution in [2.75, 3.05) is 0 Å². The van der Waals surface area contributed by atoms with E-state index in [4.69, 9.17) is 4.42 Å². The zero-order valence-electron chi connectivity index (χ0n) is 34.2. The molecule has 13 aromatic carbocycles. The molecular formula is C62H36O. The van der Waals surface area contributed by atoms with E-state index >= 15 is 0 Å². The van der Waals surface area contributed by atoms with E-state index in [0.717, 1.165) is 27.5 Å². The van der Waals surface area contributed by atoms with Crippen molar-refractivity contribution in [2.24, 2.45) is 0 Å². The second-order valence-electron chi connectivity index (χ2n) is 17.1. The van der Waals surface area contributed by atoms with Crippen molar-refractivity contribution in [1.82, 2.24) is 0 Å². The van der Waals surface area contributed by atoms with Crippen LogP contribution < -0.4 is 0 Å². The molecule has 1 aromatic heterocycles. The van der Waals surface area contributed by atoms with Gasteiger partial charge >= 0.3 is 0 Å². The van der Waals surface area contributed by atoms with Gasteiger partial charge < -0.3 is 4.42 Å². The molecule has 0 saturated heterocycles. The summed E-state index contributed by atoms with van der Waals surface area (Å²) in [6, 6.07) is 81.0. The molecule has 63 heavy (non-hydrogen) atoms. The maximum Gasteiger partial charge on any atom is 0.135 e. The van der Waals surface area contributed by atoms with E-state index in [9.17, 15) is 0 Å². The van der Waals surface area contributed by atoms with Crippen LogP contribution in [0.25, 0.3) is 142 Å². The van der Waals surface area contributed by atoms with Crippen LogP contribution in [0.15, 0.2) is 223 Å². The van der Waals surface area contributed by atoms with E-state index in [1.54, 1.807) is 0 Å². The van der Waals surface area contributed by atoms with E-state index in [0.29, 0.717) is 0 Å². The van der Waals surface area contributed by atoms with Crippen LogP contribution in [0.4, 0.5) is 0 Å². The third-order valence-corrected chi connectivity index (χ3v) is 13.8. The molecule has 0 spiro atoms. The molecule has 14 rings (SSSR count). The number of rotatable bonds is 5. The molecule has 1 heteroatoms. The van der Waals surface area contributed by atoms with Gasteiger partial charge in [-0.05, 0) is 145 Å². The van der Waals surface area contributed by atoms with Gasteiger partial charge in [-0.1, -0.05) is 194 Å². The molecule has 14 aromatic rings. The summed E-state index contributed by atoms with van der Waals surface area (Å²) in [5, 5.41) is 17.7. The summed E-state index contributed by atoms with van der Waals surface area (Å²) in [5.74, 6) is 0. The van der Waals surface area contributed by atoms with Crippen molar-refractivity contribution in [3.05, 3.63) is 218 Å². The minimum absolute atomic E-state index is 0.893. The number of para-hydroxylation sites is 1. The fraction of sp³-hybridized carbons (Fsp3) is 0. The van der Waals surface area contributed by atoms with Crippen molar-refractivity contribution in [3.63, 3.8) is 0 Å². The molecule has 1 nitrogen and oxygen atoms in total. The van der Waals surface area contributed by atoms with E-state index in [1.807, 2.05) is 6.07 Å². The average Bonchev–Trinajstić information content (AvgIpc) is 3.73. The van der Waals surface area contributed by atoms with Gasteiger partial charge in [0, 0.05) is 10.8 Å². The van der Waals surface area contributed by atoms with Gasteiger partial charge in [-0.3, -0.25) is 0 Å². The molecule has 0 unspecified atom stereocenters. The van der Waals surface area contributed by atoms with Crippen molar-refractivity contribution in [1.29, 1.82) is 0 Å². The Hall–Kier alpha value is -8.26. The molecular weight excluding hydrogens is 761 g/mol. The summed E-state index contributed by atoms with van der Waals surface area (Å²) in [5.41, 5.74) is 13.8. The molecule has 0 N–H and O–H groups in total. The summed E-state index contributed by atoms with van der Waals surface area (Å²) >= 11 is 0. The van der Waals surface area contributed by atoms with Crippen LogP contribution in [-0.4, -0.2) is 0 Å². The third-order valence-electron chi connectivity index (χ3n) is 13.8. The molecule has 0 aliphatic carbocycles. The molecule has 290 valence electrons. The van der Waals surface area contributed by atoms with E-state index in [2.05, 4.69) is 212 Å². The highest BCUT2D eigenvalue weighted by Gasteiger charge is 2.22. The number of fused-ring (bicyclic) bond motifs is 3. The number of hydrogen-bond donors (Lipinski definition) is 0. The minimum atomic E-state index is 0.893. The van der Waals surface area contributed by atoms with E-state index in [1.165, 1.54) is 115 Å². The normalized spacial score (nSPS) is 12.1.